The van der Waals surface area contributed by atoms with Crippen LogP contribution in [0.1, 0.15) is 38.5 Å². The second kappa shape index (κ2) is 7.13. The molecule has 5 nitrogen and oxygen atoms in total. The van der Waals surface area contributed by atoms with E-state index >= 15 is 0 Å². The Morgan fingerprint density at radius 1 is 1.12 bits per heavy atom. The number of anilines is 1. The van der Waals surface area contributed by atoms with Gasteiger partial charge in [-0.15, -0.1) is 0 Å². The molecule has 1 amide bonds. The number of benzene rings is 1. The van der Waals surface area contributed by atoms with Gasteiger partial charge in [-0.25, -0.2) is 8.42 Å². The predicted octanol–water partition coefficient (Wildman–Crippen LogP) is 2.37. The molecule has 1 aromatic rings. The molecular weight excluding hydrogens is 324 g/mol. The van der Waals surface area contributed by atoms with Crippen molar-refractivity contribution in [1.29, 1.82) is 0 Å². The monoisotopic (exact) mass is 350 g/mol. The van der Waals surface area contributed by atoms with Gasteiger partial charge in [-0.3, -0.25) is 4.79 Å². The molecule has 24 heavy (non-hydrogen) atoms. The van der Waals surface area contributed by atoms with Crippen molar-refractivity contribution in [2.75, 3.05) is 24.2 Å². The van der Waals surface area contributed by atoms with Crippen molar-refractivity contribution in [2.45, 2.75) is 49.5 Å². The fourth-order valence-electron chi connectivity index (χ4n) is 3.40. The van der Waals surface area contributed by atoms with E-state index in [0.717, 1.165) is 44.5 Å². The van der Waals surface area contributed by atoms with Crippen LogP contribution in [0, 0.1) is 5.92 Å². The number of carbonyl (C=O) groups excluding carboxylic acids is 1. The molecule has 1 saturated carbocycles. The summed E-state index contributed by atoms with van der Waals surface area (Å²) in [5.41, 5.74) is 1.06. The van der Waals surface area contributed by atoms with Crippen molar-refractivity contribution >= 4 is 21.4 Å². The van der Waals surface area contributed by atoms with Gasteiger partial charge in [-0.1, -0.05) is 0 Å². The van der Waals surface area contributed by atoms with Crippen LogP contribution in [0.15, 0.2) is 29.2 Å². The minimum Gasteiger partial charge on any atom is -0.372 e. The molecule has 1 aliphatic carbocycles. The molecule has 0 spiro atoms. The minimum atomic E-state index is -3.14. The Kier molecular flexibility index (Phi) is 5.13. The van der Waals surface area contributed by atoms with Crippen LogP contribution < -0.4 is 10.2 Å². The third-order valence-corrected chi connectivity index (χ3v) is 6.32. The lowest BCUT2D eigenvalue weighted by atomic mass is 9.90. The lowest BCUT2D eigenvalue weighted by molar-refractivity contribution is -0.123. The maximum absolute atomic E-state index is 12.0. The molecule has 1 N–H and O–H groups in total. The fraction of sp³-hybridized carbons (Fsp3) is 0.611. The van der Waals surface area contributed by atoms with Crippen molar-refractivity contribution in [3.05, 3.63) is 24.3 Å². The zero-order chi connectivity index (χ0) is 17.2. The predicted molar refractivity (Wildman–Crippen MR) is 94.9 cm³/mol. The highest BCUT2D eigenvalue weighted by molar-refractivity contribution is 7.90. The highest BCUT2D eigenvalue weighted by atomic mass is 32.2. The van der Waals surface area contributed by atoms with Gasteiger partial charge in [-0.05, 0) is 62.3 Å². The first kappa shape index (κ1) is 17.3. The third kappa shape index (κ3) is 4.29. The highest BCUT2D eigenvalue weighted by Gasteiger charge is 2.24. The van der Waals surface area contributed by atoms with Crippen molar-refractivity contribution < 1.29 is 13.2 Å². The molecule has 0 unspecified atom stereocenters. The normalized spacial score (nSPS) is 19.8. The van der Waals surface area contributed by atoms with Gasteiger partial charge in [0, 0.05) is 37.5 Å². The molecule has 132 valence electrons. The van der Waals surface area contributed by atoms with Crippen LogP contribution in [0.25, 0.3) is 0 Å². The first-order chi connectivity index (χ1) is 11.4. The number of piperidine rings is 1. The van der Waals surface area contributed by atoms with Gasteiger partial charge in [0.1, 0.15) is 0 Å². The Bertz CT molecular complexity index is 673. The Morgan fingerprint density at radius 2 is 1.75 bits per heavy atom. The molecule has 2 aliphatic rings. The number of hydrogen-bond acceptors (Lipinski definition) is 4. The number of carbonyl (C=O) groups is 1. The first-order valence-corrected chi connectivity index (χ1v) is 10.7. The van der Waals surface area contributed by atoms with Gasteiger partial charge in [0.2, 0.25) is 5.91 Å². The molecule has 1 saturated heterocycles. The van der Waals surface area contributed by atoms with Crippen LogP contribution >= 0.6 is 0 Å². The minimum absolute atomic E-state index is 0.204. The van der Waals surface area contributed by atoms with Crippen LogP contribution in [0.4, 0.5) is 5.69 Å². The largest absolute Gasteiger partial charge is 0.372 e. The maximum Gasteiger partial charge on any atom is 0.220 e. The van der Waals surface area contributed by atoms with E-state index in [1.807, 2.05) is 12.1 Å². The number of nitrogens with zero attached hydrogens (tertiary/aromatic N) is 1. The number of amides is 1. The van der Waals surface area contributed by atoms with Crippen LogP contribution in [-0.2, 0) is 14.6 Å². The number of rotatable bonds is 5. The first-order valence-electron chi connectivity index (χ1n) is 8.76. The van der Waals surface area contributed by atoms with Gasteiger partial charge in [-0.2, -0.15) is 0 Å². The van der Waals surface area contributed by atoms with E-state index in [4.69, 9.17) is 0 Å². The highest BCUT2D eigenvalue weighted by Crippen LogP contribution is 2.26. The summed E-state index contributed by atoms with van der Waals surface area (Å²) in [5, 5.41) is 3.12. The Labute approximate surface area is 144 Å². The van der Waals surface area contributed by atoms with E-state index in [-0.39, 0.29) is 5.91 Å². The molecule has 2 fully saturated rings. The fourth-order valence-corrected chi connectivity index (χ4v) is 4.03. The molecule has 3 rings (SSSR count). The van der Waals surface area contributed by atoms with Crippen LogP contribution in [0.3, 0.4) is 0 Å². The molecule has 0 radical (unpaired) electrons. The topological polar surface area (TPSA) is 66.5 Å². The average molecular weight is 350 g/mol. The molecule has 0 atom stereocenters. The van der Waals surface area contributed by atoms with E-state index in [1.54, 1.807) is 12.1 Å². The van der Waals surface area contributed by atoms with Gasteiger partial charge in [0.05, 0.1) is 4.90 Å². The van der Waals surface area contributed by atoms with Crippen molar-refractivity contribution in [3.63, 3.8) is 0 Å². The van der Waals surface area contributed by atoms with E-state index in [2.05, 4.69) is 10.2 Å². The van der Waals surface area contributed by atoms with E-state index in [1.165, 1.54) is 12.7 Å². The summed E-state index contributed by atoms with van der Waals surface area (Å²) in [7, 11) is -3.14. The van der Waals surface area contributed by atoms with Crippen molar-refractivity contribution in [3.8, 4) is 0 Å². The molecule has 0 aromatic heterocycles. The molecule has 0 bridgehead atoms. The molecular formula is C18H26N2O3S. The lowest BCUT2D eigenvalue weighted by Crippen LogP contribution is -2.41. The summed E-state index contributed by atoms with van der Waals surface area (Å²) in [6.07, 6.45) is 7.38. The third-order valence-electron chi connectivity index (χ3n) is 5.19. The van der Waals surface area contributed by atoms with Gasteiger partial charge in [0.15, 0.2) is 9.84 Å². The summed E-state index contributed by atoms with van der Waals surface area (Å²) in [5.74, 6) is 0.660. The van der Waals surface area contributed by atoms with Gasteiger partial charge < -0.3 is 10.2 Å². The molecule has 6 heteroatoms. The van der Waals surface area contributed by atoms with Crippen molar-refractivity contribution in [2.24, 2.45) is 5.92 Å². The van der Waals surface area contributed by atoms with Gasteiger partial charge >= 0.3 is 0 Å². The van der Waals surface area contributed by atoms with Crippen LogP contribution in [0.2, 0.25) is 0 Å². The Hall–Kier alpha value is -1.56. The summed E-state index contributed by atoms with van der Waals surface area (Å²) in [6.45, 7) is 1.83. The summed E-state index contributed by atoms with van der Waals surface area (Å²) in [6, 6.07) is 7.51. The smallest absolute Gasteiger partial charge is 0.220 e. The quantitative estimate of drug-likeness (QED) is 0.885. The van der Waals surface area contributed by atoms with Crippen LogP contribution in [0.5, 0.6) is 0 Å². The van der Waals surface area contributed by atoms with E-state index < -0.39 is 9.84 Å². The Morgan fingerprint density at radius 3 is 2.25 bits per heavy atom. The summed E-state index contributed by atoms with van der Waals surface area (Å²) in [4.78, 5) is 14.6. The van der Waals surface area contributed by atoms with Crippen molar-refractivity contribution in [1.82, 2.24) is 5.32 Å². The SMILES string of the molecule is CS(=O)(=O)c1ccc(N2CCC(CC(=O)NC3CCC3)CC2)cc1. The summed E-state index contributed by atoms with van der Waals surface area (Å²) < 4.78 is 23.0. The molecule has 1 aromatic carbocycles. The van der Waals surface area contributed by atoms with Crippen LogP contribution in [-0.4, -0.2) is 39.7 Å². The summed E-state index contributed by atoms with van der Waals surface area (Å²) >= 11 is 0. The average Bonchev–Trinajstić information content (AvgIpc) is 2.51. The molecule has 1 heterocycles. The zero-order valence-corrected chi connectivity index (χ0v) is 15.0. The number of hydrogen-bond donors (Lipinski definition) is 1. The molecule has 1 aliphatic heterocycles. The Balaban J connectivity index is 1.48. The maximum atomic E-state index is 12.0. The van der Waals surface area contributed by atoms with E-state index in [9.17, 15) is 13.2 Å². The second-order valence-corrected chi connectivity index (χ2v) is 9.11. The van der Waals surface area contributed by atoms with Gasteiger partial charge in [0.25, 0.3) is 0 Å². The second-order valence-electron chi connectivity index (χ2n) is 7.10. The number of sulfone groups is 1. The lowest BCUT2D eigenvalue weighted by Gasteiger charge is -2.34. The zero-order valence-electron chi connectivity index (χ0n) is 14.2. The van der Waals surface area contributed by atoms with E-state index in [0.29, 0.717) is 23.3 Å². The number of nitrogens with one attached hydrogen (secondary N) is 1. The standard InChI is InChI=1S/C18H26N2O3S/c1-24(22,23)17-7-5-16(6-8-17)20-11-9-14(10-12-20)13-18(21)19-15-3-2-4-15/h5-8,14-15H,2-4,9-13H2,1H3,(H,19,21).